The summed E-state index contributed by atoms with van der Waals surface area (Å²) in [5, 5.41) is 0. The first-order valence-corrected chi connectivity index (χ1v) is 6.58. The second kappa shape index (κ2) is 5.53. The fourth-order valence-electron chi connectivity index (χ4n) is 2.64. The molecule has 1 aliphatic heterocycles. The minimum absolute atomic E-state index is 0.523. The zero-order chi connectivity index (χ0) is 13.9. The highest BCUT2D eigenvalue weighted by molar-refractivity contribution is 5.92. The first-order chi connectivity index (χ1) is 9.86. The normalized spacial score (nSPS) is 13.1. The first kappa shape index (κ1) is 13.0. The van der Waals surface area contributed by atoms with E-state index in [0.29, 0.717) is 13.5 Å². The maximum Gasteiger partial charge on any atom is 0.123 e. The largest absolute Gasteiger partial charge is 0.364 e. The number of fused-ring (bicyclic) bond motifs is 2. The average molecular weight is 270 g/mol. The molecule has 2 aromatic rings. The Hall–Kier alpha value is -2.04. The molecule has 0 radical (unpaired) electrons. The molecule has 0 fully saturated rings. The Morgan fingerprint density at radius 1 is 0.650 bits per heavy atom. The lowest BCUT2D eigenvalue weighted by Crippen LogP contribution is -2.31. The lowest BCUT2D eigenvalue weighted by molar-refractivity contribution is 0.201. The van der Waals surface area contributed by atoms with Crippen molar-refractivity contribution in [2.45, 2.75) is 0 Å². The summed E-state index contributed by atoms with van der Waals surface area (Å²) in [7, 11) is 3.43. The molecule has 0 unspecified atom stereocenters. The van der Waals surface area contributed by atoms with Crippen molar-refractivity contribution in [3.8, 4) is 0 Å². The molecular formula is C16H18N2O2. The third kappa shape index (κ3) is 2.03. The van der Waals surface area contributed by atoms with Crippen molar-refractivity contribution in [1.82, 2.24) is 0 Å². The summed E-state index contributed by atoms with van der Waals surface area (Å²) >= 11 is 0. The number of rotatable bonds is 4. The topological polar surface area (TPSA) is 24.9 Å². The number of hydrogen-bond acceptors (Lipinski definition) is 4. The molecule has 1 aliphatic rings. The number of benzene rings is 2. The van der Waals surface area contributed by atoms with Crippen LogP contribution in [0.4, 0.5) is 22.7 Å². The Labute approximate surface area is 119 Å². The molecule has 0 spiro atoms. The van der Waals surface area contributed by atoms with Crippen LogP contribution in [-0.4, -0.2) is 27.7 Å². The Kier molecular flexibility index (Phi) is 3.58. The van der Waals surface area contributed by atoms with Gasteiger partial charge in [0.05, 0.1) is 22.7 Å². The van der Waals surface area contributed by atoms with Crippen LogP contribution in [0.3, 0.4) is 0 Å². The molecule has 0 amide bonds. The maximum atomic E-state index is 5.37. The van der Waals surface area contributed by atoms with Gasteiger partial charge in [0.2, 0.25) is 0 Å². The van der Waals surface area contributed by atoms with Crippen molar-refractivity contribution >= 4 is 22.7 Å². The molecule has 0 saturated heterocycles. The van der Waals surface area contributed by atoms with E-state index in [1.54, 1.807) is 14.2 Å². The van der Waals surface area contributed by atoms with E-state index in [0.717, 1.165) is 22.7 Å². The smallest absolute Gasteiger partial charge is 0.123 e. The number of nitrogens with zero attached hydrogens (tertiary/aromatic N) is 2. The monoisotopic (exact) mass is 270 g/mol. The molecule has 0 atom stereocenters. The average Bonchev–Trinajstić information content (AvgIpc) is 2.50. The Bertz CT molecular complexity index is 501. The van der Waals surface area contributed by atoms with E-state index in [1.807, 2.05) is 24.3 Å². The summed E-state index contributed by atoms with van der Waals surface area (Å²) in [5.41, 5.74) is 4.52. The van der Waals surface area contributed by atoms with Gasteiger partial charge in [-0.15, -0.1) is 0 Å². The summed E-state index contributed by atoms with van der Waals surface area (Å²) < 4.78 is 10.7. The van der Waals surface area contributed by atoms with Gasteiger partial charge in [0.15, 0.2) is 0 Å². The molecule has 104 valence electrons. The zero-order valence-electron chi connectivity index (χ0n) is 11.7. The van der Waals surface area contributed by atoms with Crippen molar-refractivity contribution < 1.29 is 9.47 Å². The molecule has 0 aliphatic carbocycles. The van der Waals surface area contributed by atoms with E-state index in [4.69, 9.17) is 9.47 Å². The van der Waals surface area contributed by atoms with Crippen LogP contribution in [-0.2, 0) is 9.47 Å². The summed E-state index contributed by atoms with van der Waals surface area (Å²) in [5.74, 6) is 0. The number of ether oxygens (including phenoxy) is 2. The molecule has 3 rings (SSSR count). The van der Waals surface area contributed by atoms with E-state index < -0.39 is 0 Å². The molecule has 20 heavy (non-hydrogen) atoms. The second-order valence-corrected chi connectivity index (χ2v) is 4.67. The maximum absolute atomic E-state index is 5.37. The Morgan fingerprint density at radius 3 is 1.20 bits per heavy atom. The van der Waals surface area contributed by atoms with E-state index in [-0.39, 0.29) is 0 Å². The van der Waals surface area contributed by atoms with Crippen LogP contribution in [0.25, 0.3) is 0 Å². The van der Waals surface area contributed by atoms with Gasteiger partial charge in [-0.1, -0.05) is 24.3 Å². The number of anilines is 4. The lowest BCUT2D eigenvalue weighted by atomic mass is 10.1. The van der Waals surface area contributed by atoms with Gasteiger partial charge >= 0.3 is 0 Å². The second-order valence-electron chi connectivity index (χ2n) is 4.67. The predicted octanol–water partition coefficient (Wildman–Crippen LogP) is 3.48. The highest BCUT2D eigenvalue weighted by Gasteiger charge is 2.27. The van der Waals surface area contributed by atoms with Gasteiger partial charge in [0.25, 0.3) is 0 Å². The quantitative estimate of drug-likeness (QED) is 0.849. The summed E-state index contributed by atoms with van der Waals surface area (Å²) in [6.45, 7) is 1.05. The zero-order valence-corrected chi connectivity index (χ0v) is 11.7. The number of hydrogen-bond donors (Lipinski definition) is 0. The van der Waals surface area contributed by atoms with Crippen LogP contribution >= 0.6 is 0 Å². The van der Waals surface area contributed by atoms with Crippen LogP contribution in [0.2, 0.25) is 0 Å². The molecule has 4 heteroatoms. The van der Waals surface area contributed by atoms with Gasteiger partial charge in [-0.3, -0.25) is 0 Å². The van der Waals surface area contributed by atoms with Crippen molar-refractivity contribution in [3.05, 3.63) is 48.5 Å². The van der Waals surface area contributed by atoms with Gasteiger partial charge in [-0.25, -0.2) is 0 Å². The van der Waals surface area contributed by atoms with Gasteiger partial charge in [0.1, 0.15) is 13.5 Å². The summed E-state index contributed by atoms with van der Waals surface area (Å²) in [4.78, 5) is 4.35. The highest BCUT2D eigenvalue weighted by Crippen LogP contribution is 2.47. The van der Waals surface area contributed by atoms with Gasteiger partial charge < -0.3 is 19.3 Å². The summed E-state index contributed by atoms with van der Waals surface area (Å²) in [6.07, 6.45) is 0. The van der Waals surface area contributed by atoms with Crippen LogP contribution in [0.5, 0.6) is 0 Å². The molecule has 0 bridgehead atoms. The fraction of sp³-hybridized carbons (Fsp3) is 0.250. The summed E-state index contributed by atoms with van der Waals surface area (Å²) in [6, 6.07) is 16.6. The molecule has 0 saturated carbocycles. The third-order valence-corrected chi connectivity index (χ3v) is 3.44. The Morgan fingerprint density at radius 2 is 0.950 bits per heavy atom. The highest BCUT2D eigenvalue weighted by atomic mass is 16.5. The van der Waals surface area contributed by atoms with E-state index in [9.17, 15) is 0 Å². The van der Waals surface area contributed by atoms with E-state index in [1.165, 1.54) is 0 Å². The number of methoxy groups -OCH3 is 2. The minimum atomic E-state index is 0.523. The van der Waals surface area contributed by atoms with Gasteiger partial charge in [-0.2, -0.15) is 0 Å². The predicted molar refractivity (Wildman–Crippen MR) is 80.9 cm³/mol. The van der Waals surface area contributed by atoms with Crippen LogP contribution in [0.1, 0.15) is 0 Å². The number of para-hydroxylation sites is 4. The lowest BCUT2D eigenvalue weighted by Gasteiger charge is -2.39. The molecular weight excluding hydrogens is 252 g/mol. The third-order valence-electron chi connectivity index (χ3n) is 3.44. The van der Waals surface area contributed by atoms with E-state index >= 15 is 0 Å². The Balaban J connectivity index is 2.17. The van der Waals surface area contributed by atoms with Crippen molar-refractivity contribution in [3.63, 3.8) is 0 Å². The van der Waals surface area contributed by atoms with Crippen LogP contribution in [0, 0.1) is 0 Å². The molecule has 0 N–H and O–H groups in total. The fourth-order valence-corrected chi connectivity index (χ4v) is 2.64. The SMILES string of the molecule is COCN1c2ccccc2N(COC)c2ccccc21. The first-order valence-electron chi connectivity index (χ1n) is 6.58. The molecule has 1 heterocycles. The minimum Gasteiger partial charge on any atom is -0.364 e. The molecule has 4 nitrogen and oxygen atoms in total. The van der Waals surface area contributed by atoms with E-state index in [2.05, 4.69) is 34.1 Å². The van der Waals surface area contributed by atoms with Crippen molar-refractivity contribution in [2.75, 3.05) is 37.5 Å². The van der Waals surface area contributed by atoms with Crippen molar-refractivity contribution in [2.24, 2.45) is 0 Å². The standard InChI is InChI=1S/C16H18N2O2/c1-19-11-17-13-7-3-5-9-15(13)18(12-20-2)16-10-6-4-8-14(16)17/h3-10H,11-12H2,1-2H3. The molecule has 2 aromatic carbocycles. The van der Waals surface area contributed by atoms with Gasteiger partial charge in [-0.05, 0) is 24.3 Å². The van der Waals surface area contributed by atoms with Crippen molar-refractivity contribution in [1.29, 1.82) is 0 Å². The van der Waals surface area contributed by atoms with Crippen LogP contribution in [0.15, 0.2) is 48.5 Å². The van der Waals surface area contributed by atoms with Crippen LogP contribution < -0.4 is 9.80 Å². The van der Waals surface area contributed by atoms with Gasteiger partial charge in [0, 0.05) is 14.2 Å². The molecule has 0 aromatic heterocycles.